The Bertz CT molecular complexity index is 573. The molecule has 2 aromatic rings. The van der Waals surface area contributed by atoms with E-state index in [-0.39, 0.29) is 6.10 Å². The van der Waals surface area contributed by atoms with Gasteiger partial charge >= 0.3 is 0 Å². The molecule has 3 heterocycles. The highest BCUT2D eigenvalue weighted by molar-refractivity contribution is 4.93. The van der Waals surface area contributed by atoms with Crippen LogP contribution in [0.5, 0.6) is 0 Å². The summed E-state index contributed by atoms with van der Waals surface area (Å²) in [5.41, 5.74) is 0. The number of aryl methyl sites for hydroxylation is 1. The summed E-state index contributed by atoms with van der Waals surface area (Å²) in [4.78, 5) is 9.21. The summed E-state index contributed by atoms with van der Waals surface area (Å²) in [5.74, 6) is 1.14. The van der Waals surface area contributed by atoms with Crippen LogP contribution < -0.4 is 0 Å². The predicted octanol–water partition coefficient (Wildman–Crippen LogP) is 0.278. The molecule has 126 valence electrons. The van der Waals surface area contributed by atoms with Crippen LogP contribution in [0.4, 0.5) is 0 Å². The normalized spacial score (nSPS) is 18.3. The molecule has 3 rings (SSSR count). The van der Waals surface area contributed by atoms with Crippen LogP contribution >= 0.6 is 0 Å². The molecule has 1 fully saturated rings. The van der Waals surface area contributed by atoms with Gasteiger partial charge in [0.1, 0.15) is 5.82 Å². The van der Waals surface area contributed by atoms with Crippen LogP contribution in [-0.4, -0.2) is 73.1 Å². The van der Waals surface area contributed by atoms with E-state index in [2.05, 4.69) is 31.4 Å². The van der Waals surface area contributed by atoms with E-state index in [9.17, 15) is 5.11 Å². The van der Waals surface area contributed by atoms with Crippen LogP contribution in [0.25, 0.3) is 0 Å². The molecule has 1 aliphatic heterocycles. The molecule has 0 aliphatic carbocycles. The lowest BCUT2D eigenvalue weighted by molar-refractivity contribution is 0.0595. The Hall–Kier alpha value is -1.70. The number of aromatic nitrogens is 4. The van der Waals surface area contributed by atoms with Gasteiger partial charge in [0, 0.05) is 64.1 Å². The van der Waals surface area contributed by atoms with Crippen molar-refractivity contribution in [1.82, 2.24) is 29.1 Å². The molecule has 0 aromatic carbocycles. The number of aliphatic hydroxyl groups is 1. The van der Waals surface area contributed by atoms with Crippen LogP contribution in [0.2, 0.25) is 0 Å². The highest BCUT2D eigenvalue weighted by atomic mass is 16.3. The number of hydrogen-bond acceptors (Lipinski definition) is 5. The molecule has 1 saturated heterocycles. The van der Waals surface area contributed by atoms with Gasteiger partial charge in [-0.2, -0.15) is 5.10 Å². The maximum atomic E-state index is 10.2. The minimum Gasteiger partial charge on any atom is -0.390 e. The summed E-state index contributed by atoms with van der Waals surface area (Å²) < 4.78 is 3.98. The first-order chi connectivity index (χ1) is 11.2. The van der Waals surface area contributed by atoms with Gasteiger partial charge in [-0.1, -0.05) is 0 Å². The number of imidazole rings is 1. The van der Waals surface area contributed by atoms with Crippen molar-refractivity contribution in [1.29, 1.82) is 0 Å². The lowest BCUT2D eigenvalue weighted by Crippen LogP contribution is -2.48. The first-order valence-corrected chi connectivity index (χ1v) is 8.35. The third-order valence-corrected chi connectivity index (χ3v) is 4.40. The Kier molecular flexibility index (Phi) is 5.43. The van der Waals surface area contributed by atoms with Crippen LogP contribution in [0.3, 0.4) is 0 Å². The minimum atomic E-state index is -0.375. The fraction of sp³-hybridized carbons (Fsp3) is 0.625. The molecule has 1 N–H and O–H groups in total. The molecule has 7 heteroatoms. The van der Waals surface area contributed by atoms with Gasteiger partial charge in [0.25, 0.3) is 0 Å². The number of aliphatic hydroxyl groups excluding tert-OH is 1. The maximum Gasteiger partial charge on any atom is 0.122 e. The Labute approximate surface area is 137 Å². The summed E-state index contributed by atoms with van der Waals surface area (Å²) in [6.45, 7) is 9.30. The van der Waals surface area contributed by atoms with Crippen LogP contribution in [0, 0.1) is 0 Å². The second-order valence-electron chi connectivity index (χ2n) is 6.09. The quantitative estimate of drug-likeness (QED) is 0.794. The predicted molar refractivity (Wildman–Crippen MR) is 87.9 cm³/mol. The molecule has 23 heavy (non-hydrogen) atoms. The molecule has 1 aliphatic rings. The first-order valence-electron chi connectivity index (χ1n) is 8.35. The van der Waals surface area contributed by atoms with E-state index in [0.717, 1.165) is 45.1 Å². The van der Waals surface area contributed by atoms with Crippen molar-refractivity contribution in [3.05, 3.63) is 36.7 Å². The summed E-state index contributed by atoms with van der Waals surface area (Å²) in [6.07, 6.45) is 7.17. The van der Waals surface area contributed by atoms with Gasteiger partial charge in [0.05, 0.1) is 19.2 Å². The number of piperazine rings is 1. The average molecular weight is 318 g/mol. The molecule has 0 radical (unpaired) electrons. The van der Waals surface area contributed by atoms with Crippen LogP contribution in [-0.2, 0) is 19.6 Å². The summed E-state index contributed by atoms with van der Waals surface area (Å²) in [7, 11) is 0. The fourth-order valence-corrected chi connectivity index (χ4v) is 3.09. The summed E-state index contributed by atoms with van der Waals surface area (Å²) >= 11 is 0. The van der Waals surface area contributed by atoms with Gasteiger partial charge in [-0.15, -0.1) is 0 Å². The molecule has 0 saturated carbocycles. The number of rotatable bonds is 7. The average Bonchev–Trinajstić information content (AvgIpc) is 3.20. The van der Waals surface area contributed by atoms with Crippen LogP contribution in [0.1, 0.15) is 12.7 Å². The second kappa shape index (κ2) is 7.72. The van der Waals surface area contributed by atoms with Crippen molar-refractivity contribution < 1.29 is 5.11 Å². The van der Waals surface area contributed by atoms with Gasteiger partial charge in [0.15, 0.2) is 0 Å². The van der Waals surface area contributed by atoms with Gasteiger partial charge in [-0.25, -0.2) is 4.98 Å². The number of nitrogens with zero attached hydrogens (tertiary/aromatic N) is 6. The lowest BCUT2D eigenvalue weighted by Gasteiger charge is -2.35. The second-order valence-corrected chi connectivity index (χ2v) is 6.09. The molecule has 0 amide bonds. The monoisotopic (exact) mass is 318 g/mol. The van der Waals surface area contributed by atoms with Crippen molar-refractivity contribution in [3.8, 4) is 0 Å². The summed E-state index contributed by atoms with van der Waals surface area (Å²) in [5, 5.41) is 14.3. The molecule has 7 nitrogen and oxygen atoms in total. The summed E-state index contributed by atoms with van der Waals surface area (Å²) in [6, 6.07) is 1.88. The Morgan fingerprint density at radius 1 is 1.09 bits per heavy atom. The van der Waals surface area contributed by atoms with E-state index in [1.54, 1.807) is 10.9 Å². The van der Waals surface area contributed by atoms with Crippen molar-refractivity contribution in [2.75, 3.05) is 32.7 Å². The van der Waals surface area contributed by atoms with Gasteiger partial charge in [-0.3, -0.25) is 14.5 Å². The van der Waals surface area contributed by atoms with Crippen molar-refractivity contribution in [2.45, 2.75) is 32.7 Å². The van der Waals surface area contributed by atoms with E-state index < -0.39 is 0 Å². The molecule has 0 bridgehead atoms. The van der Waals surface area contributed by atoms with Crippen molar-refractivity contribution in [2.24, 2.45) is 0 Å². The lowest BCUT2D eigenvalue weighted by atomic mass is 10.2. The standard InChI is InChI=1S/C16H26N6O/c1-2-21-7-5-17-16(21)14-20-10-8-19(9-11-20)12-15(23)13-22-6-3-4-18-22/h3-7,15,23H,2,8-14H2,1H3/t15-/m0/s1. The molecule has 0 spiro atoms. The van der Waals surface area contributed by atoms with E-state index >= 15 is 0 Å². The van der Waals surface area contributed by atoms with Gasteiger partial charge in [0.2, 0.25) is 0 Å². The Morgan fingerprint density at radius 2 is 1.87 bits per heavy atom. The molecule has 0 unspecified atom stereocenters. The number of hydrogen-bond donors (Lipinski definition) is 1. The highest BCUT2D eigenvalue weighted by Crippen LogP contribution is 2.08. The molecular weight excluding hydrogens is 292 g/mol. The van der Waals surface area contributed by atoms with Crippen LogP contribution in [0.15, 0.2) is 30.9 Å². The van der Waals surface area contributed by atoms with E-state index in [1.165, 1.54) is 0 Å². The van der Waals surface area contributed by atoms with Gasteiger partial charge < -0.3 is 9.67 Å². The van der Waals surface area contributed by atoms with E-state index in [4.69, 9.17) is 0 Å². The smallest absolute Gasteiger partial charge is 0.122 e. The molecular formula is C16H26N6O. The Morgan fingerprint density at radius 3 is 2.57 bits per heavy atom. The third kappa shape index (κ3) is 4.40. The zero-order chi connectivity index (χ0) is 16.1. The van der Waals surface area contributed by atoms with E-state index in [1.807, 2.05) is 24.7 Å². The highest BCUT2D eigenvalue weighted by Gasteiger charge is 2.20. The maximum absolute atomic E-state index is 10.2. The molecule has 1 atom stereocenters. The third-order valence-electron chi connectivity index (χ3n) is 4.40. The zero-order valence-electron chi connectivity index (χ0n) is 13.8. The Balaban J connectivity index is 1.41. The minimum absolute atomic E-state index is 0.375. The first kappa shape index (κ1) is 16.2. The molecule has 2 aromatic heterocycles. The van der Waals surface area contributed by atoms with Crippen molar-refractivity contribution in [3.63, 3.8) is 0 Å². The fourth-order valence-electron chi connectivity index (χ4n) is 3.09. The van der Waals surface area contributed by atoms with Crippen molar-refractivity contribution >= 4 is 0 Å². The topological polar surface area (TPSA) is 62.4 Å². The SMILES string of the molecule is CCn1ccnc1CN1CCN(C[C@H](O)Cn2cccn2)CC1. The largest absolute Gasteiger partial charge is 0.390 e. The number of β-amino-alcohol motifs (C(OH)–C–C–N with tert-alkyl or cyclic N) is 1. The van der Waals surface area contributed by atoms with E-state index in [0.29, 0.717) is 13.1 Å². The zero-order valence-corrected chi connectivity index (χ0v) is 13.8. The van der Waals surface area contributed by atoms with Gasteiger partial charge in [-0.05, 0) is 13.0 Å².